The first kappa shape index (κ1) is 14.6. The van der Waals surface area contributed by atoms with Crippen LogP contribution in [0.25, 0.3) is 0 Å². The second kappa shape index (κ2) is 6.18. The average molecular weight is 300 g/mol. The smallest absolute Gasteiger partial charge is 0.190 e. The van der Waals surface area contributed by atoms with Crippen molar-refractivity contribution < 1.29 is 0 Å². The molecule has 1 fully saturated rings. The summed E-state index contributed by atoms with van der Waals surface area (Å²) in [4.78, 5) is 6.14. The molecule has 0 unspecified atom stereocenters. The second-order valence-electron chi connectivity index (χ2n) is 6.22. The standard InChI is InChI=1S/C18H24N2S/c1-13-9-10-14(2)17(11-13)19-18-20(15(3)12-21-18)16-7-5-4-6-8-16/h9-12,16H,4-8H2,1-3H3. The predicted molar refractivity (Wildman–Crippen MR) is 90.3 cm³/mol. The van der Waals surface area contributed by atoms with Crippen molar-refractivity contribution >= 4 is 17.0 Å². The van der Waals surface area contributed by atoms with Crippen molar-refractivity contribution in [3.8, 4) is 0 Å². The van der Waals surface area contributed by atoms with Crippen LogP contribution in [0.3, 0.4) is 0 Å². The van der Waals surface area contributed by atoms with Crippen molar-refractivity contribution in [3.05, 3.63) is 45.2 Å². The second-order valence-corrected chi connectivity index (χ2v) is 7.06. The molecule has 0 aliphatic heterocycles. The van der Waals surface area contributed by atoms with Gasteiger partial charge >= 0.3 is 0 Å². The van der Waals surface area contributed by atoms with E-state index in [-0.39, 0.29) is 0 Å². The van der Waals surface area contributed by atoms with Crippen LogP contribution in [0, 0.1) is 20.8 Å². The lowest BCUT2D eigenvalue weighted by atomic mass is 9.95. The summed E-state index contributed by atoms with van der Waals surface area (Å²) >= 11 is 1.78. The van der Waals surface area contributed by atoms with Crippen molar-refractivity contribution in [2.45, 2.75) is 58.9 Å². The van der Waals surface area contributed by atoms with Crippen LogP contribution in [0.1, 0.15) is 55.0 Å². The van der Waals surface area contributed by atoms with Gasteiger partial charge in [-0.1, -0.05) is 31.4 Å². The molecule has 0 saturated heterocycles. The van der Waals surface area contributed by atoms with Gasteiger partial charge in [0.25, 0.3) is 0 Å². The van der Waals surface area contributed by atoms with Gasteiger partial charge in [0.1, 0.15) is 0 Å². The first-order valence-electron chi connectivity index (χ1n) is 7.94. The SMILES string of the molecule is Cc1ccc(C)c(N=c2scc(C)n2C2CCCCC2)c1. The molecule has 1 aromatic carbocycles. The molecule has 0 atom stereocenters. The Balaban J connectivity index is 2.06. The molecular weight excluding hydrogens is 276 g/mol. The minimum Gasteiger partial charge on any atom is -0.318 e. The average Bonchev–Trinajstić information content (AvgIpc) is 2.85. The Labute approximate surface area is 131 Å². The number of hydrogen-bond donors (Lipinski definition) is 0. The van der Waals surface area contributed by atoms with E-state index in [1.54, 1.807) is 11.3 Å². The van der Waals surface area contributed by atoms with E-state index in [1.807, 2.05) is 0 Å². The van der Waals surface area contributed by atoms with E-state index >= 15 is 0 Å². The molecule has 0 N–H and O–H groups in total. The number of benzene rings is 1. The fourth-order valence-corrected chi connectivity index (χ4v) is 4.16. The van der Waals surface area contributed by atoms with E-state index in [0.29, 0.717) is 6.04 Å². The van der Waals surface area contributed by atoms with Crippen molar-refractivity contribution in [2.75, 3.05) is 0 Å². The topological polar surface area (TPSA) is 17.3 Å². The lowest BCUT2D eigenvalue weighted by molar-refractivity contribution is 0.344. The number of thiazole rings is 1. The molecule has 112 valence electrons. The zero-order valence-electron chi connectivity index (χ0n) is 13.2. The van der Waals surface area contributed by atoms with Crippen LogP contribution in [0.15, 0.2) is 28.6 Å². The fourth-order valence-electron chi connectivity index (χ4n) is 3.21. The summed E-state index contributed by atoms with van der Waals surface area (Å²) in [6, 6.07) is 7.16. The predicted octanol–water partition coefficient (Wildman–Crippen LogP) is 5.21. The van der Waals surface area contributed by atoms with Crippen LogP contribution >= 0.6 is 11.3 Å². The summed E-state index contributed by atoms with van der Waals surface area (Å²) in [5.74, 6) is 0. The maximum absolute atomic E-state index is 4.98. The maximum Gasteiger partial charge on any atom is 0.190 e. The van der Waals surface area contributed by atoms with Gasteiger partial charge < -0.3 is 4.57 Å². The summed E-state index contributed by atoms with van der Waals surface area (Å²) < 4.78 is 2.48. The molecule has 0 radical (unpaired) electrons. The molecule has 0 amide bonds. The molecule has 0 spiro atoms. The monoisotopic (exact) mass is 300 g/mol. The molecular formula is C18H24N2S. The molecule has 3 rings (SSSR count). The first-order chi connectivity index (χ1) is 10.1. The zero-order chi connectivity index (χ0) is 14.8. The van der Waals surface area contributed by atoms with E-state index < -0.39 is 0 Å². The third kappa shape index (κ3) is 3.13. The third-order valence-electron chi connectivity index (χ3n) is 4.44. The maximum atomic E-state index is 4.98. The fraction of sp³-hybridized carbons (Fsp3) is 0.500. The largest absolute Gasteiger partial charge is 0.318 e. The minimum absolute atomic E-state index is 0.647. The van der Waals surface area contributed by atoms with Crippen molar-refractivity contribution in [1.29, 1.82) is 0 Å². The number of rotatable bonds is 2. The number of aryl methyl sites for hydroxylation is 3. The lowest BCUT2D eigenvalue weighted by Gasteiger charge is -2.24. The van der Waals surface area contributed by atoms with Gasteiger partial charge in [-0.05, 0) is 50.8 Å². The van der Waals surface area contributed by atoms with Crippen LogP contribution in [0.5, 0.6) is 0 Å². The number of nitrogens with zero attached hydrogens (tertiary/aromatic N) is 2. The molecule has 3 heteroatoms. The minimum atomic E-state index is 0.647. The van der Waals surface area contributed by atoms with Gasteiger partial charge in [0.15, 0.2) is 4.80 Å². The highest BCUT2D eigenvalue weighted by Crippen LogP contribution is 2.29. The van der Waals surface area contributed by atoms with E-state index in [9.17, 15) is 0 Å². The molecule has 1 aliphatic rings. The molecule has 2 nitrogen and oxygen atoms in total. The van der Waals surface area contributed by atoms with Crippen LogP contribution in [0.2, 0.25) is 0 Å². The zero-order valence-corrected chi connectivity index (χ0v) is 14.0. The van der Waals surface area contributed by atoms with E-state index in [0.717, 1.165) is 10.5 Å². The van der Waals surface area contributed by atoms with Gasteiger partial charge in [0, 0.05) is 17.1 Å². The molecule has 1 heterocycles. The van der Waals surface area contributed by atoms with Gasteiger partial charge in [-0.2, -0.15) is 0 Å². The summed E-state index contributed by atoms with van der Waals surface area (Å²) in [6.07, 6.45) is 6.71. The molecule has 2 aromatic rings. The Kier molecular flexibility index (Phi) is 4.29. The Hall–Kier alpha value is -1.35. The number of hydrogen-bond acceptors (Lipinski definition) is 2. The summed E-state index contributed by atoms with van der Waals surface area (Å²) in [6.45, 7) is 6.49. The van der Waals surface area contributed by atoms with E-state index in [2.05, 4.69) is 48.9 Å². The van der Waals surface area contributed by atoms with Crippen LogP contribution in [0.4, 0.5) is 5.69 Å². The highest BCUT2D eigenvalue weighted by Gasteiger charge is 2.17. The Morgan fingerprint density at radius 3 is 2.62 bits per heavy atom. The molecule has 1 aliphatic carbocycles. The van der Waals surface area contributed by atoms with Gasteiger partial charge in [-0.3, -0.25) is 0 Å². The van der Waals surface area contributed by atoms with Crippen molar-refractivity contribution in [1.82, 2.24) is 4.57 Å². The van der Waals surface area contributed by atoms with Gasteiger partial charge in [-0.15, -0.1) is 11.3 Å². The van der Waals surface area contributed by atoms with Crippen LogP contribution < -0.4 is 4.80 Å². The Morgan fingerprint density at radius 2 is 1.86 bits per heavy atom. The van der Waals surface area contributed by atoms with Crippen molar-refractivity contribution in [2.24, 2.45) is 4.99 Å². The van der Waals surface area contributed by atoms with E-state index in [1.165, 1.54) is 48.9 Å². The van der Waals surface area contributed by atoms with Gasteiger partial charge in [0.05, 0.1) is 5.69 Å². The highest BCUT2D eigenvalue weighted by molar-refractivity contribution is 7.07. The van der Waals surface area contributed by atoms with Crippen molar-refractivity contribution in [3.63, 3.8) is 0 Å². The van der Waals surface area contributed by atoms with Crippen LogP contribution in [-0.2, 0) is 0 Å². The molecule has 21 heavy (non-hydrogen) atoms. The third-order valence-corrected chi connectivity index (χ3v) is 5.40. The summed E-state index contributed by atoms with van der Waals surface area (Å²) in [5, 5.41) is 2.25. The Bertz CT molecular complexity index is 687. The quantitative estimate of drug-likeness (QED) is 0.724. The first-order valence-corrected chi connectivity index (χ1v) is 8.82. The Morgan fingerprint density at radius 1 is 1.10 bits per heavy atom. The molecule has 0 bridgehead atoms. The molecule has 1 saturated carbocycles. The molecule has 1 aromatic heterocycles. The summed E-state index contributed by atoms with van der Waals surface area (Å²) in [5.41, 5.74) is 5.00. The van der Waals surface area contributed by atoms with Crippen LogP contribution in [-0.4, -0.2) is 4.57 Å². The normalized spacial score (nSPS) is 17.4. The number of aromatic nitrogens is 1. The highest BCUT2D eigenvalue weighted by atomic mass is 32.1. The van der Waals surface area contributed by atoms with E-state index in [4.69, 9.17) is 4.99 Å². The lowest BCUT2D eigenvalue weighted by Crippen LogP contribution is -2.23. The summed E-state index contributed by atoms with van der Waals surface area (Å²) in [7, 11) is 0. The van der Waals surface area contributed by atoms with Gasteiger partial charge in [0.2, 0.25) is 0 Å². The van der Waals surface area contributed by atoms with Gasteiger partial charge in [-0.25, -0.2) is 4.99 Å².